The van der Waals surface area contributed by atoms with Crippen molar-refractivity contribution in [2.24, 2.45) is 12.2 Å². The number of hydrogen-bond donors (Lipinski definition) is 0. The molecule has 0 amide bonds. The van der Waals surface area contributed by atoms with Crippen LogP contribution in [0.3, 0.4) is 0 Å². The molecule has 2 heterocycles. The molecular weight excluding hydrogens is 361 g/mol. The van der Waals surface area contributed by atoms with Gasteiger partial charge in [0.05, 0.1) is 22.1 Å². The lowest BCUT2D eigenvalue weighted by atomic mass is 10.1. The molecule has 0 radical (unpaired) electrons. The molecule has 0 N–H and O–H groups in total. The van der Waals surface area contributed by atoms with E-state index in [1.165, 1.54) is 0 Å². The normalized spacial score (nSPS) is 18.5. The third kappa shape index (κ3) is 4.02. The van der Waals surface area contributed by atoms with E-state index in [1.54, 1.807) is 13.8 Å². The number of nitrogens with zero attached hydrogens (tertiary/aromatic N) is 3. The highest BCUT2D eigenvalue weighted by molar-refractivity contribution is 7.99. The van der Waals surface area contributed by atoms with E-state index in [0.717, 1.165) is 7.05 Å². The molecule has 0 saturated carbocycles. The molecule has 6 nitrogen and oxygen atoms in total. The number of hydrogen-bond acceptors (Lipinski definition) is 5. The minimum absolute atomic E-state index is 0.0416. The first kappa shape index (κ1) is 18.6. The average Bonchev–Trinajstić information content (AvgIpc) is 2.91. The van der Waals surface area contributed by atoms with Crippen molar-refractivity contribution < 1.29 is 35.7 Å². The second kappa shape index (κ2) is 6.30. The van der Waals surface area contributed by atoms with Crippen molar-refractivity contribution in [1.82, 2.24) is 9.78 Å². The van der Waals surface area contributed by atoms with E-state index < -0.39 is 52.1 Å². The second-order valence-corrected chi connectivity index (χ2v) is 7.09. The van der Waals surface area contributed by atoms with Crippen molar-refractivity contribution in [3.05, 3.63) is 11.3 Å². The Morgan fingerprint density at radius 2 is 2.04 bits per heavy atom. The summed E-state index contributed by atoms with van der Waals surface area (Å²) < 4.78 is 81.0. The molecule has 0 bridgehead atoms. The van der Waals surface area contributed by atoms with Crippen LogP contribution in [0.1, 0.15) is 31.5 Å². The summed E-state index contributed by atoms with van der Waals surface area (Å²) in [6.07, 6.45) is -4.76. The summed E-state index contributed by atoms with van der Waals surface area (Å²) in [6, 6.07) is 0. The van der Waals surface area contributed by atoms with E-state index in [0.29, 0.717) is 4.68 Å². The summed E-state index contributed by atoms with van der Waals surface area (Å²) in [5.41, 5.74) is -2.86. The molecular formula is C12H14F5N3O3S. The number of alkyl halides is 5. The molecule has 12 heteroatoms. The minimum atomic E-state index is -4.91. The highest BCUT2D eigenvalue weighted by Crippen LogP contribution is 2.37. The molecule has 1 aliphatic rings. The van der Waals surface area contributed by atoms with Gasteiger partial charge < -0.3 is 9.57 Å². The lowest BCUT2D eigenvalue weighted by molar-refractivity contribution is -0.142. The van der Waals surface area contributed by atoms with Gasteiger partial charge in [-0.25, -0.2) is 4.68 Å². The Balaban J connectivity index is 2.35. The SMILES string of the molecule is Cn1nc(C(F)(F)F)c(C[S@@](=O)C2=NOC(C)(C)C2)c1OC(F)F. The Bertz CT molecular complexity index is 684. The smallest absolute Gasteiger partial charge is 0.417 e. The molecule has 0 aliphatic carbocycles. The Labute approximate surface area is 136 Å². The number of halogens is 5. The molecule has 0 unspecified atom stereocenters. The lowest BCUT2D eigenvalue weighted by Crippen LogP contribution is -2.21. The molecule has 0 fully saturated rings. The Morgan fingerprint density at radius 1 is 1.42 bits per heavy atom. The number of oxime groups is 1. The van der Waals surface area contributed by atoms with Gasteiger partial charge in [0.15, 0.2) is 5.69 Å². The first-order valence-electron chi connectivity index (χ1n) is 6.62. The topological polar surface area (TPSA) is 65.7 Å². The summed E-state index contributed by atoms with van der Waals surface area (Å²) in [6.45, 7) is -0.0196. The molecule has 1 aromatic heterocycles. The third-order valence-corrected chi connectivity index (χ3v) is 4.36. The van der Waals surface area contributed by atoms with Gasteiger partial charge in [-0.3, -0.25) is 4.21 Å². The molecule has 1 aliphatic heterocycles. The van der Waals surface area contributed by atoms with Crippen LogP contribution >= 0.6 is 0 Å². The standard InChI is InChI=1S/C12H14F5N3O3S/c1-11(2)4-7(19-23-11)24(21)5-6-8(12(15,16)17)18-20(3)9(6)22-10(13)14/h10H,4-5H2,1-3H3/t24-/m1/s1. The van der Waals surface area contributed by atoms with Crippen molar-refractivity contribution in [3.8, 4) is 5.88 Å². The van der Waals surface area contributed by atoms with Gasteiger partial charge in [0.1, 0.15) is 10.6 Å². The maximum absolute atomic E-state index is 13.1. The van der Waals surface area contributed by atoms with E-state index in [1.807, 2.05) is 0 Å². The molecule has 0 aromatic carbocycles. The predicted molar refractivity (Wildman–Crippen MR) is 73.9 cm³/mol. The van der Waals surface area contributed by atoms with Gasteiger partial charge >= 0.3 is 12.8 Å². The molecule has 0 spiro atoms. The third-order valence-electron chi connectivity index (χ3n) is 3.07. The van der Waals surface area contributed by atoms with Crippen LogP contribution in [0, 0.1) is 0 Å². The Hall–Kier alpha value is -1.72. The van der Waals surface area contributed by atoms with E-state index in [4.69, 9.17) is 4.84 Å². The van der Waals surface area contributed by atoms with E-state index in [-0.39, 0.29) is 11.5 Å². The number of ether oxygens (including phenoxy) is 1. The van der Waals surface area contributed by atoms with Crippen LogP contribution in [0.25, 0.3) is 0 Å². The molecule has 1 atom stereocenters. The van der Waals surface area contributed by atoms with Crippen LogP contribution < -0.4 is 4.74 Å². The summed E-state index contributed by atoms with van der Waals surface area (Å²) in [5, 5.41) is 6.81. The summed E-state index contributed by atoms with van der Waals surface area (Å²) in [4.78, 5) is 5.01. The number of aromatic nitrogens is 2. The number of aryl methyl sites for hydroxylation is 1. The summed E-state index contributed by atoms with van der Waals surface area (Å²) >= 11 is 0. The first-order chi connectivity index (χ1) is 10.9. The molecule has 0 saturated heterocycles. The largest absolute Gasteiger partial charge is 0.435 e. The van der Waals surface area contributed by atoms with Crippen molar-refractivity contribution in [3.63, 3.8) is 0 Å². The van der Waals surface area contributed by atoms with Gasteiger partial charge in [-0.1, -0.05) is 5.16 Å². The van der Waals surface area contributed by atoms with Crippen LogP contribution in [0.2, 0.25) is 0 Å². The molecule has 2 rings (SSSR count). The fraction of sp³-hybridized carbons (Fsp3) is 0.667. The fourth-order valence-electron chi connectivity index (χ4n) is 2.08. The van der Waals surface area contributed by atoms with Crippen LogP contribution in [-0.4, -0.2) is 31.2 Å². The zero-order valence-corrected chi connectivity index (χ0v) is 13.7. The van der Waals surface area contributed by atoms with Crippen molar-refractivity contribution in [2.75, 3.05) is 0 Å². The fourth-order valence-corrected chi connectivity index (χ4v) is 3.40. The lowest BCUT2D eigenvalue weighted by Gasteiger charge is -2.13. The van der Waals surface area contributed by atoms with Crippen LogP contribution in [-0.2, 0) is 34.6 Å². The van der Waals surface area contributed by atoms with E-state index in [2.05, 4.69) is 15.0 Å². The molecule has 136 valence electrons. The van der Waals surface area contributed by atoms with Gasteiger partial charge in [-0.05, 0) is 13.8 Å². The van der Waals surface area contributed by atoms with Gasteiger partial charge in [0.25, 0.3) is 0 Å². The highest BCUT2D eigenvalue weighted by atomic mass is 32.2. The molecule has 24 heavy (non-hydrogen) atoms. The maximum Gasteiger partial charge on any atom is 0.435 e. The van der Waals surface area contributed by atoms with E-state index in [9.17, 15) is 26.2 Å². The number of rotatable bonds is 4. The summed E-state index contributed by atoms with van der Waals surface area (Å²) in [5.74, 6) is -1.51. The molecule has 1 aromatic rings. The minimum Gasteiger partial charge on any atom is -0.417 e. The predicted octanol–water partition coefficient (Wildman–Crippen LogP) is 2.80. The van der Waals surface area contributed by atoms with Gasteiger partial charge in [-0.2, -0.15) is 27.1 Å². The van der Waals surface area contributed by atoms with E-state index >= 15 is 0 Å². The Morgan fingerprint density at radius 3 is 2.50 bits per heavy atom. The van der Waals surface area contributed by atoms with Crippen LogP contribution in [0.4, 0.5) is 22.0 Å². The van der Waals surface area contributed by atoms with Crippen LogP contribution in [0.15, 0.2) is 5.16 Å². The van der Waals surface area contributed by atoms with Crippen molar-refractivity contribution in [2.45, 2.75) is 44.4 Å². The van der Waals surface area contributed by atoms with Gasteiger partial charge in [-0.15, -0.1) is 0 Å². The Kier molecular flexibility index (Phi) is 4.88. The van der Waals surface area contributed by atoms with Gasteiger partial charge in [0, 0.05) is 13.5 Å². The average molecular weight is 375 g/mol. The summed E-state index contributed by atoms with van der Waals surface area (Å²) in [7, 11) is -0.977. The maximum atomic E-state index is 13.1. The highest BCUT2D eigenvalue weighted by Gasteiger charge is 2.41. The zero-order chi connectivity index (χ0) is 18.3. The second-order valence-electron chi connectivity index (χ2n) is 5.63. The van der Waals surface area contributed by atoms with Crippen molar-refractivity contribution >= 4 is 15.8 Å². The first-order valence-corrected chi connectivity index (χ1v) is 7.94. The van der Waals surface area contributed by atoms with Crippen molar-refractivity contribution in [1.29, 1.82) is 0 Å². The van der Waals surface area contributed by atoms with Gasteiger partial charge in [0.2, 0.25) is 5.88 Å². The monoisotopic (exact) mass is 375 g/mol. The van der Waals surface area contributed by atoms with Crippen LogP contribution in [0.5, 0.6) is 5.88 Å². The quantitative estimate of drug-likeness (QED) is 0.759. The zero-order valence-electron chi connectivity index (χ0n) is 12.9.